The van der Waals surface area contributed by atoms with E-state index in [1.807, 2.05) is 41.9 Å². The molecule has 0 saturated heterocycles. The van der Waals surface area contributed by atoms with Crippen LogP contribution in [0.1, 0.15) is 36.0 Å². The van der Waals surface area contributed by atoms with E-state index in [1.165, 1.54) is 9.71 Å². The first-order chi connectivity index (χ1) is 11.0. The Morgan fingerprint density at radius 3 is 2.61 bits per heavy atom. The van der Waals surface area contributed by atoms with E-state index in [-0.39, 0.29) is 6.54 Å². The summed E-state index contributed by atoms with van der Waals surface area (Å²) in [7, 11) is -0.0533. The third kappa shape index (κ3) is 3.68. The molecule has 7 heteroatoms. The smallest absolute Gasteiger partial charge is 0.236 e. The van der Waals surface area contributed by atoms with Gasteiger partial charge in [-0.3, -0.25) is 0 Å². The van der Waals surface area contributed by atoms with Crippen LogP contribution in [-0.4, -0.2) is 34.5 Å². The zero-order valence-corrected chi connectivity index (χ0v) is 14.1. The van der Waals surface area contributed by atoms with Gasteiger partial charge in [-0.25, -0.2) is 8.42 Å². The first-order valence-corrected chi connectivity index (χ1v) is 9.05. The molecule has 1 fully saturated rings. The normalized spacial score (nSPS) is 15.6. The number of hydrogen-bond acceptors (Lipinski definition) is 4. The van der Waals surface area contributed by atoms with Gasteiger partial charge in [0.15, 0.2) is 0 Å². The topological polar surface area (TPSA) is 68.1 Å². The van der Waals surface area contributed by atoms with Crippen LogP contribution in [0, 0.1) is 0 Å². The maximum absolute atomic E-state index is 12.4. The number of nitrogens with zero attached hydrogens (tertiary/aromatic N) is 4. The SMILES string of the molecule is CN(Cc1nnc(C2CC2)n1C)S(=O)(=O)/C=C\c1ccccc1. The van der Waals surface area contributed by atoms with Crippen LogP contribution in [-0.2, 0) is 23.6 Å². The molecule has 0 aliphatic heterocycles. The molecule has 1 aliphatic carbocycles. The van der Waals surface area contributed by atoms with Crippen molar-refractivity contribution in [2.24, 2.45) is 7.05 Å². The molecule has 0 bridgehead atoms. The number of benzene rings is 1. The number of rotatable bonds is 6. The molecule has 0 spiro atoms. The van der Waals surface area contributed by atoms with Gasteiger partial charge in [-0.1, -0.05) is 30.3 Å². The van der Waals surface area contributed by atoms with Gasteiger partial charge in [0.25, 0.3) is 0 Å². The fraction of sp³-hybridized carbons (Fsp3) is 0.375. The quantitative estimate of drug-likeness (QED) is 0.812. The van der Waals surface area contributed by atoms with Crippen molar-refractivity contribution in [3.63, 3.8) is 0 Å². The fourth-order valence-electron chi connectivity index (χ4n) is 2.33. The maximum atomic E-state index is 12.4. The van der Waals surface area contributed by atoms with Gasteiger partial charge in [0.05, 0.1) is 6.54 Å². The van der Waals surface area contributed by atoms with Crippen LogP contribution in [0.15, 0.2) is 35.7 Å². The standard InChI is InChI=1S/C16H20N4O2S/c1-19(12-15-17-18-16(20(15)2)14-8-9-14)23(21,22)11-10-13-6-4-3-5-7-13/h3-7,10-11,14H,8-9,12H2,1-2H3/b11-10-. The van der Waals surface area contributed by atoms with Crippen molar-refractivity contribution in [3.05, 3.63) is 53.0 Å². The van der Waals surface area contributed by atoms with E-state index < -0.39 is 10.0 Å². The average molecular weight is 332 g/mol. The first-order valence-electron chi connectivity index (χ1n) is 7.55. The van der Waals surface area contributed by atoms with Crippen LogP contribution in [0.25, 0.3) is 6.08 Å². The minimum absolute atomic E-state index is 0.206. The zero-order valence-electron chi connectivity index (χ0n) is 13.3. The highest BCUT2D eigenvalue weighted by atomic mass is 32.2. The summed E-state index contributed by atoms with van der Waals surface area (Å²) < 4.78 is 27.9. The lowest BCUT2D eigenvalue weighted by atomic mass is 10.2. The first kappa shape index (κ1) is 15.9. The lowest BCUT2D eigenvalue weighted by molar-refractivity contribution is 0.457. The third-order valence-electron chi connectivity index (χ3n) is 3.97. The molecule has 122 valence electrons. The van der Waals surface area contributed by atoms with E-state index in [0.717, 1.165) is 24.2 Å². The molecule has 1 heterocycles. The van der Waals surface area contributed by atoms with Gasteiger partial charge in [-0.15, -0.1) is 10.2 Å². The molecular formula is C16H20N4O2S. The number of hydrogen-bond donors (Lipinski definition) is 0. The molecule has 1 aliphatic rings. The molecule has 0 atom stereocenters. The second kappa shape index (κ2) is 6.25. The summed E-state index contributed by atoms with van der Waals surface area (Å²) in [6, 6.07) is 9.35. The van der Waals surface area contributed by atoms with E-state index in [2.05, 4.69) is 10.2 Å². The summed E-state index contributed by atoms with van der Waals surface area (Å²) in [4.78, 5) is 0. The zero-order chi connectivity index (χ0) is 16.4. The molecule has 0 radical (unpaired) electrons. The van der Waals surface area contributed by atoms with Gasteiger partial charge < -0.3 is 4.57 Å². The summed E-state index contributed by atoms with van der Waals surface area (Å²) in [6.07, 6.45) is 3.87. The fourth-order valence-corrected chi connectivity index (χ4v) is 3.16. The van der Waals surface area contributed by atoms with Gasteiger partial charge in [-0.2, -0.15) is 4.31 Å². The van der Waals surface area contributed by atoms with E-state index in [9.17, 15) is 8.42 Å². The van der Waals surface area contributed by atoms with Gasteiger partial charge >= 0.3 is 0 Å². The van der Waals surface area contributed by atoms with Crippen molar-refractivity contribution < 1.29 is 8.42 Å². The Labute approximate surface area is 136 Å². The Morgan fingerprint density at radius 1 is 1.26 bits per heavy atom. The minimum atomic E-state index is -3.50. The van der Waals surface area contributed by atoms with Gasteiger partial charge in [0.2, 0.25) is 10.0 Å². The van der Waals surface area contributed by atoms with Gasteiger partial charge in [-0.05, 0) is 24.5 Å². The molecule has 1 saturated carbocycles. The monoisotopic (exact) mass is 332 g/mol. The summed E-state index contributed by atoms with van der Waals surface area (Å²) in [5, 5.41) is 9.53. The van der Waals surface area contributed by atoms with Crippen molar-refractivity contribution in [1.29, 1.82) is 0 Å². The van der Waals surface area contributed by atoms with E-state index in [1.54, 1.807) is 13.1 Å². The Kier molecular flexibility index (Phi) is 4.32. The number of sulfonamides is 1. The maximum Gasteiger partial charge on any atom is 0.236 e. The Bertz CT molecular complexity index is 808. The highest BCUT2D eigenvalue weighted by Crippen LogP contribution is 2.38. The predicted molar refractivity (Wildman–Crippen MR) is 88.8 cm³/mol. The average Bonchev–Trinajstić information content (AvgIpc) is 3.32. The van der Waals surface area contributed by atoms with Gasteiger partial charge in [0, 0.05) is 25.4 Å². The molecule has 0 amide bonds. The van der Waals surface area contributed by atoms with Crippen molar-refractivity contribution in [3.8, 4) is 0 Å². The van der Waals surface area contributed by atoms with Crippen LogP contribution < -0.4 is 0 Å². The molecular weight excluding hydrogens is 312 g/mol. The second-order valence-electron chi connectivity index (χ2n) is 5.82. The number of aromatic nitrogens is 3. The molecule has 2 aromatic rings. The largest absolute Gasteiger partial charge is 0.317 e. The van der Waals surface area contributed by atoms with E-state index in [0.29, 0.717) is 11.7 Å². The van der Waals surface area contributed by atoms with Crippen molar-refractivity contribution in [2.45, 2.75) is 25.3 Å². The summed E-state index contributed by atoms with van der Waals surface area (Å²) in [6.45, 7) is 0.206. The summed E-state index contributed by atoms with van der Waals surface area (Å²) in [5.74, 6) is 2.10. The van der Waals surface area contributed by atoms with E-state index >= 15 is 0 Å². The highest BCUT2D eigenvalue weighted by Gasteiger charge is 2.29. The second-order valence-corrected chi connectivity index (χ2v) is 7.75. The Balaban J connectivity index is 1.71. The molecule has 1 aromatic heterocycles. The van der Waals surface area contributed by atoms with Crippen LogP contribution in [0.3, 0.4) is 0 Å². The van der Waals surface area contributed by atoms with E-state index in [4.69, 9.17) is 0 Å². The molecule has 0 N–H and O–H groups in total. The third-order valence-corrected chi connectivity index (χ3v) is 5.45. The van der Waals surface area contributed by atoms with Crippen molar-refractivity contribution in [1.82, 2.24) is 19.1 Å². The van der Waals surface area contributed by atoms with Crippen LogP contribution in [0.4, 0.5) is 0 Å². The van der Waals surface area contributed by atoms with Crippen molar-refractivity contribution >= 4 is 16.1 Å². The Hall–Kier alpha value is -1.99. The van der Waals surface area contributed by atoms with Crippen molar-refractivity contribution in [2.75, 3.05) is 7.05 Å². The summed E-state index contributed by atoms with van der Waals surface area (Å²) in [5.41, 5.74) is 0.846. The highest BCUT2D eigenvalue weighted by molar-refractivity contribution is 7.92. The molecule has 3 rings (SSSR count). The molecule has 6 nitrogen and oxygen atoms in total. The molecule has 23 heavy (non-hydrogen) atoms. The van der Waals surface area contributed by atoms with Gasteiger partial charge in [0.1, 0.15) is 11.6 Å². The lowest BCUT2D eigenvalue weighted by Crippen LogP contribution is -2.26. The van der Waals surface area contributed by atoms with Crippen LogP contribution in [0.5, 0.6) is 0 Å². The minimum Gasteiger partial charge on any atom is -0.317 e. The van der Waals surface area contributed by atoms with Crippen LogP contribution in [0.2, 0.25) is 0 Å². The molecule has 0 unspecified atom stereocenters. The Morgan fingerprint density at radius 2 is 1.96 bits per heavy atom. The van der Waals surface area contributed by atoms with Crippen LogP contribution >= 0.6 is 0 Å². The molecule has 1 aromatic carbocycles. The lowest BCUT2D eigenvalue weighted by Gasteiger charge is -2.14. The summed E-state index contributed by atoms with van der Waals surface area (Å²) >= 11 is 0. The predicted octanol–water partition coefficient (Wildman–Crippen LogP) is 2.12.